The molecular formula is C103H165N17O23S. The molecule has 3 aliphatic rings. The van der Waals surface area contributed by atoms with Gasteiger partial charge in [-0.05, 0) is 136 Å². The maximum absolute atomic E-state index is 14.9. The first kappa shape index (κ1) is 119. The Kier molecular flexibility index (Phi) is 52.2. The number of nitrogens with zero attached hydrogens (tertiary/aromatic N) is 7. The summed E-state index contributed by atoms with van der Waals surface area (Å²) in [6.45, 7) is 29.3. The second-order valence-corrected chi connectivity index (χ2v) is 39.9. The average Bonchev–Trinajstić information content (AvgIpc) is 1.58. The maximum Gasteiger partial charge on any atom is 0.410 e. The molecule has 2 aromatic carbocycles. The summed E-state index contributed by atoms with van der Waals surface area (Å²) in [4.78, 5) is 168. The summed E-state index contributed by atoms with van der Waals surface area (Å²) in [5.74, 6) is -3.69. The van der Waals surface area contributed by atoms with Gasteiger partial charge in [-0.3, -0.25) is 48.1 Å². The van der Waals surface area contributed by atoms with Gasteiger partial charge in [0, 0.05) is 104 Å². The van der Waals surface area contributed by atoms with Crippen LogP contribution in [0, 0.1) is 35.5 Å². The van der Waals surface area contributed by atoms with Crippen LogP contribution in [0.1, 0.15) is 206 Å². The molecule has 41 heteroatoms. The number of aliphatic hydroxyl groups is 1. The standard InChI is InChI=1S/C103H165N17O23S/c1-16-18-28-82-113-88-91(120(82)63-71-37-45-135-46-38-71)94-78(111-95(88)105)61-81(144-94)73-35-43-118(44-36-73)84(122)39-47-136-49-51-138-53-55-140-57-59-142-60-58-141-56-54-139-52-50-137-48-41-107-97(126)76(104)33-34-83(121)114-86(65(3)4)99(128)112-77(26-22-40-108-102(106)131)98(127)110-75-31-29-72(30-32-75)64-143-103(132)117(13)89(67(7)8)100(129)115-87(66(5)6)101(130)116(12)90(68(9)17-2)80(133-14)62-85(123)119-42-23-27-79(119)93(134-15)69(10)96(125)109-70(11)92(124)74-24-20-19-21-25-74/h19-21,24-25,29-32,61,65-71,73,76-77,79-80,86-87,89-90,92-93,124H,16-18,22-23,26-28,33-60,62-64,104H2,1-15H3,(H2,105,111)(H,107,126)(H,109,125)(H,110,127)(H,112,128)(H,114,121)(H,115,129)(H3,106,108,131)/t68-,69+,70+,76-,77-,79-,80+,86-,87-,89?,90?,92+,93+/m0/s1. The van der Waals surface area contributed by atoms with Gasteiger partial charge in [0.05, 0.1) is 169 Å². The van der Waals surface area contributed by atoms with Crippen LogP contribution in [0.5, 0.6) is 0 Å². The number of aromatic nitrogens is 3. The third-order valence-electron chi connectivity index (χ3n) is 27.0. The highest BCUT2D eigenvalue weighted by Gasteiger charge is 2.45. The first-order valence-corrected chi connectivity index (χ1v) is 52.3. The summed E-state index contributed by atoms with van der Waals surface area (Å²) in [6, 6.07) is 9.56. The van der Waals surface area contributed by atoms with E-state index in [1.165, 1.54) is 31.0 Å². The Morgan fingerprint density at radius 3 is 1.81 bits per heavy atom. The van der Waals surface area contributed by atoms with Crippen molar-refractivity contribution in [3.05, 3.63) is 82.5 Å². The fraction of sp³-hybridized carbons (Fsp3) is 0.699. The van der Waals surface area contributed by atoms with Crippen LogP contribution in [0.25, 0.3) is 21.3 Å². The predicted octanol–water partition coefficient (Wildman–Crippen LogP) is 8.04. The van der Waals surface area contributed by atoms with Crippen molar-refractivity contribution in [2.45, 2.75) is 265 Å². The molecule has 806 valence electrons. The number of carbonyl (C=O) groups is 11. The number of urea groups is 1. The number of ether oxygens (including phenoxy) is 11. The number of pyridine rings is 1. The number of piperidine rings is 1. The minimum Gasteiger partial charge on any atom is -0.445 e. The number of nitrogen functional groups attached to an aromatic ring is 1. The summed E-state index contributed by atoms with van der Waals surface area (Å²) >= 11 is 1.81. The van der Waals surface area contributed by atoms with Gasteiger partial charge >= 0.3 is 12.1 Å². The van der Waals surface area contributed by atoms with Gasteiger partial charge in [0.25, 0.3) is 0 Å². The minimum atomic E-state index is -1.18. The molecule has 13 atom stereocenters. The van der Waals surface area contributed by atoms with Gasteiger partial charge < -0.3 is 131 Å². The van der Waals surface area contributed by atoms with Crippen molar-refractivity contribution >= 4 is 109 Å². The lowest BCUT2D eigenvalue weighted by atomic mass is 9.89. The number of benzene rings is 2. The minimum absolute atomic E-state index is 0.0374. The van der Waals surface area contributed by atoms with Crippen molar-refractivity contribution in [3.63, 3.8) is 0 Å². The number of carbonyl (C=O) groups excluding carboxylic acids is 11. The molecule has 3 aliphatic heterocycles. The highest BCUT2D eigenvalue weighted by Crippen LogP contribution is 2.42. The summed E-state index contributed by atoms with van der Waals surface area (Å²) in [5, 5.41) is 30.3. The smallest absolute Gasteiger partial charge is 0.410 e. The topological polar surface area (TPSA) is 515 Å². The molecule has 3 aromatic heterocycles. The largest absolute Gasteiger partial charge is 0.445 e. The normalized spacial score (nSPS) is 16.8. The van der Waals surface area contributed by atoms with Crippen LogP contribution >= 0.6 is 11.3 Å². The van der Waals surface area contributed by atoms with Crippen molar-refractivity contribution in [2.24, 2.45) is 47.0 Å². The number of aliphatic hydroxyl groups excluding tert-OH is 1. The van der Waals surface area contributed by atoms with Gasteiger partial charge in [0.15, 0.2) is 5.82 Å². The van der Waals surface area contributed by atoms with Gasteiger partial charge in [0.1, 0.15) is 42.1 Å². The monoisotopic (exact) mass is 2040 g/mol. The molecule has 0 radical (unpaired) electrons. The van der Waals surface area contributed by atoms with Crippen molar-refractivity contribution in [2.75, 3.05) is 178 Å². The Morgan fingerprint density at radius 1 is 0.618 bits per heavy atom. The number of hydrogen-bond acceptors (Lipinski definition) is 28. The first-order valence-electron chi connectivity index (χ1n) is 51.5. The molecule has 0 saturated carbocycles. The van der Waals surface area contributed by atoms with E-state index in [2.05, 4.69) is 54.8 Å². The zero-order chi connectivity index (χ0) is 105. The molecule has 12 amide bonds. The maximum atomic E-state index is 14.9. The van der Waals surface area contributed by atoms with Crippen molar-refractivity contribution in [1.82, 2.24) is 66.0 Å². The third kappa shape index (κ3) is 37.5. The second kappa shape index (κ2) is 62.9. The zero-order valence-corrected chi connectivity index (χ0v) is 88.3. The van der Waals surface area contributed by atoms with Crippen molar-refractivity contribution < 1.29 is 110 Å². The molecule has 14 N–H and O–H groups in total. The van der Waals surface area contributed by atoms with Crippen molar-refractivity contribution in [3.8, 4) is 0 Å². The van der Waals surface area contributed by atoms with E-state index in [1.54, 1.807) is 109 Å². The highest BCUT2D eigenvalue weighted by atomic mass is 32.1. The number of likely N-dealkylation sites (tertiary alicyclic amines) is 2. The fourth-order valence-electron chi connectivity index (χ4n) is 18.5. The molecule has 3 fully saturated rings. The Balaban J connectivity index is 0.650. The van der Waals surface area contributed by atoms with Crippen molar-refractivity contribution in [1.29, 1.82) is 0 Å². The number of methoxy groups -OCH3 is 2. The van der Waals surface area contributed by atoms with Gasteiger partial charge in [-0.1, -0.05) is 125 Å². The van der Waals surface area contributed by atoms with Crippen LogP contribution in [0.4, 0.5) is 21.1 Å². The Bertz CT molecular complexity index is 4770. The molecular weight excluding hydrogens is 1880 g/mol. The fourth-order valence-corrected chi connectivity index (χ4v) is 19.8. The number of nitrogens with two attached hydrogens (primary N) is 3. The lowest BCUT2D eigenvalue weighted by Crippen LogP contribution is -2.60. The third-order valence-corrected chi connectivity index (χ3v) is 28.3. The number of nitrogens with one attached hydrogen (secondary N) is 7. The molecule has 2 unspecified atom stereocenters. The second-order valence-electron chi connectivity index (χ2n) is 38.8. The van der Waals surface area contributed by atoms with Crippen LogP contribution in [0.2, 0.25) is 0 Å². The molecule has 144 heavy (non-hydrogen) atoms. The number of aryl methyl sites for hydroxylation is 1. The summed E-state index contributed by atoms with van der Waals surface area (Å²) in [5.41, 5.74) is 22.4. The van der Waals surface area contributed by atoms with E-state index in [4.69, 9.17) is 79.3 Å². The number of primary amides is 1. The van der Waals surface area contributed by atoms with Crippen LogP contribution in [-0.2, 0) is 115 Å². The molecule has 0 aliphatic carbocycles. The van der Waals surface area contributed by atoms with Crippen LogP contribution in [0.15, 0.2) is 60.7 Å². The molecule has 40 nitrogen and oxygen atoms in total. The number of anilines is 2. The number of thiophene rings is 1. The summed E-state index contributed by atoms with van der Waals surface area (Å²) < 4.78 is 66.5. The van der Waals surface area contributed by atoms with Crippen LogP contribution in [0.3, 0.4) is 0 Å². The number of likely N-dealkylation sites (N-methyl/N-ethyl adjacent to an activating group) is 2. The Labute approximate surface area is 852 Å². The van der Waals surface area contributed by atoms with E-state index in [1.807, 2.05) is 48.3 Å². The van der Waals surface area contributed by atoms with Crippen LogP contribution in [-0.4, -0.2) is 332 Å². The molecule has 0 bridgehead atoms. The van der Waals surface area contributed by atoms with Gasteiger partial charge in [-0.15, -0.1) is 11.3 Å². The van der Waals surface area contributed by atoms with Gasteiger partial charge in [-0.25, -0.2) is 19.6 Å². The van der Waals surface area contributed by atoms with Crippen LogP contribution < -0.4 is 54.4 Å². The lowest BCUT2D eigenvalue weighted by molar-refractivity contribution is -0.148. The van der Waals surface area contributed by atoms with E-state index < -0.39 is 138 Å². The van der Waals surface area contributed by atoms with Gasteiger partial charge in [-0.2, -0.15) is 0 Å². The highest BCUT2D eigenvalue weighted by molar-refractivity contribution is 7.20. The molecule has 5 aromatic rings. The number of imidazole rings is 1. The number of unbranched alkanes of at least 4 members (excludes halogenated alkanes) is 1. The number of fused-ring (bicyclic) bond motifs is 3. The zero-order valence-electron chi connectivity index (χ0n) is 87.4. The first-order chi connectivity index (χ1) is 69.1. The van der Waals surface area contributed by atoms with Gasteiger partial charge in [0.2, 0.25) is 53.2 Å². The number of hydrogen-bond donors (Lipinski definition) is 11. The SMILES string of the molecule is CCCCc1nc2c(N)nc3cc(C4CCN(C(=O)CCOCCOCCOCCOCCOCCOCCOCCNC(=O)[C@@H](N)CCC(=O)N[C@H](C(=O)N[C@@H](CCCNC(N)=O)C(=O)Nc5ccc(COC(=O)N(C)C(C(=O)N[C@H](C(=O)N(C)C([C@@H](C)CC)[C@@H](CC(=O)N6CCC[C@H]6[C@H](OC)[C@@H](C)C(=O)N[C@H](C)[C@@H](O)c6ccccc6)OC)C(C)C)C(C)C)cc5)C(C)C)CC4)sc3c2n1CC1CCOCC1. The summed E-state index contributed by atoms with van der Waals surface area (Å²) in [7, 11) is 6.07. The van der Waals surface area contributed by atoms with E-state index in [0.717, 1.165) is 91.8 Å². The van der Waals surface area contributed by atoms with E-state index in [0.29, 0.717) is 159 Å². The van der Waals surface area contributed by atoms with E-state index in [9.17, 15) is 57.8 Å². The number of amides is 12. The van der Waals surface area contributed by atoms with E-state index in [-0.39, 0.29) is 88.7 Å². The Hall–Kier alpha value is -9.89. The molecule has 6 heterocycles. The molecule has 8 rings (SSSR count). The predicted molar refractivity (Wildman–Crippen MR) is 548 cm³/mol. The average molecular weight is 2040 g/mol. The molecule has 0 spiro atoms. The summed E-state index contributed by atoms with van der Waals surface area (Å²) in [6.07, 6.45) is 5.74. The molecule has 3 saturated heterocycles. The Morgan fingerprint density at radius 2 is 1.23 bits per heavy atom. The van der Waals surface area contributed by atoms with E-state index >= 15 is 0 Å². The number of rotatable bonds is 66. The lowest BCUT2D eigenvalue weighted by Gasteiger charge is -2.41. The quantitative estimate of drug-likeness (QED) is 0.0164.